The van der Waals surface area contributed by atoms with E-state index in [1.807, 2.05) is 0 Å². The highest BCUT2D eigenvalue weighted by Gasteiger charge is 2.17. The normalized spacial score (nSPS) is 12.5. The van der Waals surface area contributed by atoms with Crippen LogP contribution >= 0.6 is 11.6 Å². The molecule has 1 unspecified atom stereocenters. The minimum atomic E-state index is -1.25. The van der Waals surface area contributed by atoms with Gasteiger partial charge in [-0.05, 0) is 23.8 Å². The lowest BCUT2D eigenvalue weighted by atomic mass is 10.0. The van der Waals surface area contributed by atoms with Crippen molar-refractivity contribution in [3.8, 4) is 0 Å². The minimum absolute atomic E-state index is 0.0283. The molecule has 2 rings (SSSR count). The average molecular weight is 287 g/mol. The summed E-state index contributed by atoms with van der Waals surface area (Å²) in [6, 6.07) is 7.26. The fraction of sp³-hybridized carbons (Fsp3) is 0.143. The zero-order valence-corrected chi connectivity index (χ0v) is 10.5. The first kappa shape index (κ1) is 13.9. The molecule has 0 aliphatic rings. The van der Waals surface area contributed by atoms with Gasteiger partial charge in [-0.25, -0.2) is 13.2 Å². The van der Waals surface area contributed by atoms with Crippen LogP contribution in [0.2, 0.25) is 5.02 Å². The molecule has 1 atom stereocenters. The Kier molecular flexibility index (Phi) is 4.12. The van der Waals surface area contributed by atoms with Crippen molar-refractivity contribution < 1.29 is 18.3 Å². The minimum Gasteiger partial charge on any atom is -0.388 e. The first-order valence-electron chi connectivity index (χ1n) is 5.55. The van der Waals surface area contributed by atoms with Crippen LogP contribution < -0.4 is 0 Å². The maximum atomic E-state index is 13.5. The summed E-state index contributed by atoms with van der Waals surface area (Å²) in [7, 11) is 0. The number of aliphatic hydroxyl groups is 1. The van der Waals surface area contributed by atoms with E-state index >= 15 is 0 Å². The molecule has 100 valence electrons. The Morgan fingerprint density at radius 2 is 1.84 bits per heavy atom. The number of halogens is 4. The van der Waals surface area contributed by atoms with Gasteiger partial charge in [-0.15, -0.1) is 0 Å². The zero-order chi connectivity index (χ0) is 14.0. The Bertz CT molecular complexity index is 601. The second-order valence-electron chi connectivity index (χ2n) is 4.10. The molecule has 0 bridgehead atoms. The van der Waals surface area contributed by atoms with Gasteiger partial charge in [-0.1, -0.05) is 29.8 Å². The summed E-state index contributed by atoms with van der Waals surface area (Å²) in [4.78, 5) is 0. The van der Waals surface area contributed by atoms with Crippen molar-refractivity contribution in [2.24, 2.45) is 0 Å². The molecule has 0 amide bonds. The summed E-state index contributed by atoms with van der Waals surface area (Å²) in [5.41, 5.74) is 0.305. The highest BCUT2D eigenvalue weighted by molar-refractivity contribution is 6.31. The van der Waals surface area contributed by atoms with Crippen molar-refractivity contribution in [1.29, 1.82) is 0 Å². The van der Waals surface area contributed by atoms with Crippen LogP contribution in [0, 0.1) is 17.5 Å². The maximum absolute atomic E-state index is 13.5. The van der Waals surface area contributed by atoms with E-state index in [-0.39, 0.29) is 17.0 Å². The topological polar surface area (TPSA) is 20.2 Å². The predicted octanol–water partition coefficient (Wildman–Crippen LogP) is 4.03. The van der Waals surface area contributed by atoms with Crippen LogP contribution in [-0.4, -0.2) is 5.11 Å². The Labute approximate surface area is 113 Å². The van der Waals surface area contributed by atoms with Crippen molar-refractivity contribution in [1.82, 2.24) is 0 Å². The van der Waals surface area contributed by atoms with Gasteiger partial charge in [0, 0.05) is 17.0 Å². The maximum Gasteiger partial charge on any atom is 0.164 e. The molecular formula is C14H10ClF3O. The Morgan fingerprint density at radius 1 is 1.11 bits per heavy atom. The standard InChI is InChI=1S/C14H10ClF3O/c15-11-7-9(16)5-4-8(11)6-13(19)10-2-1-3-12(17)14(10)18/h1-5,7,13,19H,6H2. The third kappa shape index (κ3) is 3.08. The smallest absolute Gasteiger partial charge is 0.164 e. The molecule has 0 fully saturated rings. The molecule has 19 heavy (non-hydrogen) atoms. The molecule has 0 aliphatic heterocycles. The van der Waals surface area contributed by atoms with Crippen LogP contribution in [0.25, 0.3) is 0 Å². The third-order valence-corrected chi connectivity index (χ3v) is 3.12. The summed E-state index contributed by atoms with van der Waals surface area (Å²) >= 11 is 5.81. The average Bonchev–Trinajstić information content (AvgIpc) is 2.36. The molecule has 1 nitrogen and oxygen atoms in total. The van der Waals surface area contributed by atoms with Gasteiger partial charge in [-0.2, -0.15) is 0 Å². The van der Waals surface area contributed by atoms with Crippen molar-refractivity contribution in [2.45, 2.75) is 12.5 Å². The fourth-order valence-corrected chi connectivity index (χ4v) is 2.03. The number of rotatable bonds is 3. The van der Waals surface area contributed by atoms with Crippen LogP contribution in [0.3, 0.4) is 0 Å². The van der Waals surface area contributed by atoms with E-state index in [0.717, 1.165) is 12.1 Å². The van der Waals surface area contributed by atoms with Crippen molar-refractivity contribution in [2.75, 3.05) is 0 Å². The monoisotopic (exact) mass is 286 g/mol. The van der Waals surface area contributed by atoms with Crippen molar-refractivity contribution >= 4 is 11.6 Å². The van der Waals surface area contributed by atoms with E-state index in [9.17, 15) is 18.3 Å². The second-order valence-corrected chi connectivity index (χ2v) is 4.51. The van der Waals surface area contributed by atoms with E-state index in [4.69, 9.17) is 11.6 Å². The molecule has 0 spiro atoms. The highest BCUT2D eigenvalue weighted by atomic mass is 35.5. The number of aliphatic hydroxyl groups excluding tert-OH is 1. The largest absolute Gasteiger partial charge is 0.388 e. The number of hydrogen-bond donors (Lipinski definition) is 1. The quantitative estimate of drug-likeness (QED) is 0.903. The third-order valence-electron chi connectivity index (χ3n) is 2.77. The number of benzene rings is 2. The first-order valence-corrected chi connectivity index (χ1v) is 5.92. The molecule has 0 heterocycles. The molecule has 0 aliphatic carbocycles. The van der Waals surface area contributed by atoms with E-state index in [1.165, 1.54) is 24.3 Å². The summed E-state index contributed by atoms with van der Waals surface area (Å²) in [5.74, 6) is -2.62. The summed E-state index contributed by atoms with van der Waals surface area (Å²) in [6.45, 7) is 0. The molecule has 2 aromatic rings. The van der Waals surface area contributed by atoms with E-state index < -0.39 is 23.6 Å². The van der Waals surface area contributed by atoms with Gasteiger partial charge in [0.1, 0.15) is 5.82 Å². The van der Waals surface area contributed by atoms with Gasteiger partial charge in [0.05, 0.1) is 6.10 Å². The van der Waals surface area contributed by atoms with Gasteiger partial charge in [0.25, 0.3) is 0 Å². The van der Waals surface area contributed by atoms with Gasteiger partial charge < -0.3 is 5.11 Å². The molecule has 0 saturated heterocycles. The van der Waals surface area contributed by atoms with Crippen LogP contribution in [0.15, 0.2) is 36.4 Å². The van der Waals surface area contributed by atoms with Crippen LogP contribution in [0.1, 0.15) is 17.2 Å². The van der Waals surface area contributed by atoms with E-state index in [0.29, 0.717) is 5.56 Å². The SMILES string of the molecule is OC(Cc1ccc(F)cc1Cl)c1cccc(F)c1F. The summed E-state index contributed by atoms with van der Waals surface area (Å²) in [6.07, 6.45) is -1.28. The number of hydrogen-bond acceptors (Lipinski definition) is 1. The fourth-order valence-electron chi connectivity index (χ4n) is 1.78. The molecule has 0 radical (unpaired) electrons. The first-order chi connectivity index (χ1) is 8.99. The van der Waals surface area contributed by atoms with Crippen molar-refractivity contribution in [3.63, 3.8) is 0 Å². The lowest BCUT2D eigenvalue weighted by molar-refractivity contribution is 0.172. The van der Waals surface area contributed by atoms with Crippen molar-refractivity contribution in [3.05, 3.63) is 70.0 Å². The van der Waals surface area contributed by atoms with Gasteiger partial charge in [0.15, 0.2) is 11.6 Å². The van der Waals surface area contributed by atoms with Gasteiger partial charge in [-0.3, -0.25) is 0 Å². The zero-order valence-electron chi connectivity index (χ0n) is 9.71. The van der Waals surface area contributed by atoms with Gasteiger partial charge in [0.2, 0.25) is 0 Å². The van der Waals surface area contributed by atoms with E-state index in [1.54, 1.807) is 0 Å². The highest BCUT2D eigenvalue weighted by Crippen LogP contribution is 2.26. The lowest BCUT2D eigenvalue weighted by Gasteiger charge is -2.13. The summed E-state index contributed by atoms with van der Waals surface area (Å²) in [5, 5.41) is 10.0. The van der Waals surface area contributed by atoms with Crippen LogP contribution in [-0.2, 0) is 6.42 Å². The van der Waals surface area contributed by atoms with Crippen LogP contribution in [0.4, 0.5) is 13.2 Å². The van der Waals surface area contributed by atoms with Crippen LogP contribution in [0.5, 0.6) is 0 Å². The lowest BCUT2D eigenvalue weighted by Crippen LogP contribution is -2.06. The predicted molar refractivity (Wildman–Crippen MR) is 66.4 cm³/mol. The molecular weight excluding hydrogens is 277 g/mol. The molecule has 0 aromatic heterocycles. The Morgan fingerprint density at radius 3 is 2.53 bits per heavy atom. The van der Waals surface area contributed by atoms with E-state index in [2.05, 4.69) is 0 Å². The summed E-state index contributed by atoms with van der Waals surface area (Å²) < 4.78 is 39.4. The molecule has 0 saturated carbocycles. The molecule has 2 aromatic carbocycles. The van der Waals surface area contributed by atoms with Gasteiger partial charge >= 0.3 is 0 Å². The second kappa shape index (κ2) is 5.63. The molecule has 1 N–H and O–H groups in total. The molecule has 5 heteroatoms. The Hall–Kier alpha value is -1.52. The Balaban J connectivity index is 2.25.